The van der Waals surface area contributed by atoms with Crippen molar-refractivity contribution in [2.45, 2.75) is 37.8 Å². The van der Waals surface area contributed by atoms with Gasteiger partial charge < -0.3 is 15.1 Å². The lowest BCUT2D eigenvalue weighted by molar-refractivity contribution is 0.188. The van der Waals surface area contributed by atoms with Crippen LogP contribution in [0.2, 0.25) is 5.28 Å². The fraction of sp³-hybridized carbons (Fsp3) is 0.769. The summed E-state index contributed by atoms with van der Waals surface area (Å²) in [4.78, 5) is 17.1. The number of piperidine rings is 1. The SMILES string of the molecule is CN(C)c1nc(Cl)nc(NC2CCN3CCCC3C2)n1. The molecular formula is C13H21ClN6. The lowest BCUT2D eigenvalue weighted by Gasteiger charge is -2.35. The van der Waals surface area contributed by atoms with Crippen molar-refractivity contribution in [1.82, 2.24) is 19.9 Å². The van der Waals surface area contributed by atoms with Crippen LogP contribution in [0, 0.1) is 0 Å². The summed E-state index contributed by atoms with van der Waals surface area (Å²) in [5, 5.41) is 3.67. The Bertz CT molecular complexity index is 480. The minimum absolute atomic E-state index is 0.240. The van der Waals surface area contributed by atoms with E-state index in [1.807, 2.05) is 19.0 Å². The van der Waals surface area contributed by atoms with E-state index in [-0.39, 0.29) is 5.28 Å². The fourth-order valence-electron chi connectivity index (χ4n) is 3.14. The number of anilines is 2. The first kappa shape index (κ1) is 13.8. The summed E-state index contributed by atoms with van der Waals surface area (Å²) in [5.74, 6) is 1.18. The molecule has 2 atom stereocenters. The van der Waals surface area contributed by atoms with Gasteiger partial charge in [0.25, 0.3) is 0 Å². The number of nitrogens with one attached hydrogen (secondary N) is 1. The molecule has 0 aromatic carbocycles. The maximum Gasteiger partial charge on any atom is 0.230 e. The average molecular weight is 297 g/mol. The molecule has 0 radical (unpaired) electrons. The zero-order valence-electron chi connectivity index (χ0n) is 12.0. The van der Waals surface area contributed by atoms with Crippen LogP contribution >= 0.6 is 11.6 Å². The van der Waals surface area contributed by atoms with E-state index in [2.05, 4.69) is 25.2 Å². The summed E-state index contributed by atoms with van der Waals surface area (Å²) >= 11 is 5.96. The summed E-state index contributed by atoms with van der Waals surface area (Å²) < 4.78 is 0. The molecule has 3 heterocycles. The Morgan fingerprint density at radius 2 is 2.05 bits per heavy atom. The average Bonchev–Trinajstić information content (AvgIpc) is 2.85. The molecule has 20 heavy (non-hydrogen) atoms. The normalized spacial score (nSPS) is 26.4. The third-order valence-corrected chi connectivity index (χ3v) is 4.32. The topological polar surface area (TPSA) is 57.2 Å². The van der Waals surface area contributed by atoms with Crippen LogP contribution in [0.4, 0.5) is 11.9 Å². The van der Waals surface area contributed by atoms with Gasteiger partial charge in [-0.25, -0.2) is 0 Å². The Morgan fingerprint density at radius 1 is 1.20 bits per heavy atom. The van der Waals surface area contributed by atoms with Crippen molar-refractivity contribution in [3.8, 4) is 0 Å². The molecule has 2 aliphatic heterocycles. The van der Waals surface area contributed by atoms with Crippen molar-refractivity contribution in [2.24, 2.45) is 0 Å². The molecule has 0 spiro atoms. The number of hydrogen-bond acceptors (Lipinski definition) is 6. The number of hydrogen-bond donors (Lipinski definition) is 1. The quantitative estimate of drug-likeness (QED) is 0.915. The van der Waals surface area contributed by atoms with Gasteiger partial charge in [0.05, 0.1) is 0 Å². The predicted octanol–water partition coefficient (Wildman–Crippen LogP) is 1.63. The van der Waals surface area contributed by atoms with E-state index in [9.17, 15) is 0 Å². The van der Waals surface area contributed by atoms with Gasteiger partial charge in [0.2, 0.25) is 17.2 Å². The first-order valence-corrected chi connectivity index (χ1v) is 7.59. The highest BCUT2D eigenvalue weighted by Crippen LogP contribution is 2.28. The second kappa shape index (κ2) is 5.69. The van der Waals surface area contributed by atoms with E-state index in [0.29, 0.717) is 17.9 Å². The summed E-state index contributed by atoms with van der Waals surface area (Å²) in [6.07, 6.45) is 4.95. The molecule has 0 amide bonds. The van der Waals surface area contributed by atoms with Crippen molar-refractivity contribution >= 4 is 23.5 Å². The van der Waals surface area contributed by atoms with E-state index >= 15 is 0 Å². The van der Waals surface area contributed by atoms with Crippen LogP contribution in [0.5, 0.6) is 0 Å². The highest BCUT2D eigenvalue weighted by atomic mass is 35.5. The maximum atomic E-state index is 5.96. The maximum absolute atomic E-state index is 5.96. The molecule has 0 bridgehead atoms. The van der Waals surface area contributed by atoms with Gasteiger partial charge in [-0.15, -0.1) is 0 Å². The molecule has 0 aliphatic carbocycles. The van der Waals surface area contributed by atoms with Crippen LogP contribution in [0.15, 0.2) is 0 Å². The molecule has 1 aromatic heterocycles. The van der Waals surface area contributed by atoms with E-state index < -0.39 is 0 Å². The molecule has 110 valence electrons. The number of halogens is 1. The second-order valence-electron chi connectivity index (χ2n) is 5.82. The number of aromatic nitrogens is 3. The first-order chi connectivity index (χ1) is 9.61. The van der Waals surface area contributed by atoms with Crippen LogP contribution in [0.3, 0.4) is 0 Å². The molecule has 1 N–H and O–H groups in total. The first-order valence-electron chi connectivity index (χ1n) is 7.21. The number of fused-ring (bicyclic) bond motifs is 1. The van der Waals surface area contributed by atoms with Gasteiger partial charge in [0, 0.05) is 32.7 Å². The van der Waals surface area contributed by atoms with Crippen LogP contribution in [-0.2, 0) is 0 Å². The van der Waals surface area contributed by atoms with Gasteiger partial charge in [0.1, 0.15) is 0 Å². The highest BCUT2D eigenvalue weighted by Gasteiger charge is 2.31. The standard InChI is InChI=1S/C13H21ClN6/c1-19(2)13-17-11(14)16-12(18-13)15-9-5-7-20-6-3-4-10(20)8-9/h9-10H,3-8H2,1-2H3,(H,15,16,17,18). The largest absolute Gasteiger partial charge is 0.351 e. The molecule has 2 saturated heterocycles. The lowest BCUT2D eigenvalue weighted by Crippen LogP contribution is -2.43. The van der Waals surface area contributed by atoms with Crippen molar-refractivity contribution in [1.29, 1.82) is 0 Å². The molecule has 2 aliphatic rings. The van der Waals surface area contributed by atoms with E-state index in [4.69, 9.17) is 11.6 Å². The van der Waals surface area contributed by atoms with Gasteiger partial charge in [0.15, 0.2) is 0 Å². The molecule has 0 saturated carbocycles. The van der Waals surface area contributed by atoms with Crippen molar-refractivity contribution in [2.75, 3.05) is 37.4 Å². The molecule has 2 unspecified atom stereocenters. The second-order valence-corrected chi connectivity index (χ2v) is 6.16. The van der Waals surface area contributed by atoms with Crippen LogP contribution < -0.4 is 10.2 Å². The summed E-state index contributed by atoms with van der Waals surface area (Å²) in [6.45, 7) is 2.43. The minimum atomic E-state index is 0.240. The third-order valence-electron chi connectivity index (χ3n) is 4.15. The van der Waals surface area contributed by atoms with Crippen LogP contribution in [0.1, 0.15) is 25.7 Å². The summed E-state index contributed by atoms with van der Waals surface area (Å²) in [6, 6.07) is 1.16. The van der Waals surface area contributed by atoms with Crippen molar-refractivity contribution in [3.63, 3.8) is 0 Å². The lowest BCUT2D eigenvalue weighted by atomic mass is 9.98. The summed E-state index contributed by atoms with van der Waals surface area (Å²) in [5.41, 5.74) is 0. The molecule has 7 heteroatoms. The number of rotatable bonds is 3. The van der Waals surface area contributed by atoms with Crippen LogP contribution in [-0.4, -0.2) is 59.1 Å². The zero-order valence-corrected chi connectivity index (χ0v) is 12.8. The molecule has 2 fully saturated rings. The van der Waals surface area contributed by atoms with Gasteiger partial charge in [-0.2, -0.15) is 15.0 Å². The van der Waals surface area contributed by atoms with Crippen LogP contribution in [0.25, 0.3) is 0 Å². The molecule has 1 aromatic rings. The Balaban J connectivity index is 1.68. The Morgan fingerprint density at radius 3 is 2.85 bits per heavy atom. The minimum Gasteiger partial charge on any atom is -0.351 e. The Labute approximate surface area is 124 Å². The van der Waals surface area contributed by atoms with E-state index in [1.165, 1.54) is 32.4 Å². The Hall–Kier alpha value is -1.14. The molecule has 3 rings (SSSR count). The highest BCUT2D eigenvalue weighted by molar-refractivity contribution is 6.28. The van der Waals surface area contributed by atoms with Gasteiger partial charge >= 0.3 is 0 Å². The van der Waals surface area contributed by atoms with E-state index in [0.717, 1.165) is 12.5 Å². The zero-order chi connectivity index (χ0) is 14.1. The predicted molar refractivity (Wildman–Crippen MR) is 80.4 cm³/mol. The Kier molecular flexibility index (Phi) is 3.94. The molecular weight excluding hydrogens is 276 g/mol. The third kappa shape index (κ3) is 2.96. The number of nitrogens with zero attached hydrogens (tertiary/aromatic N) is 5. The molecule has 6 nitrogen and oxygen atoms in total. The van der Waals surface area contributed by atoms with Crippen molar-refractivity contribution in [3.05, 3.63) is 5.28 Å². The monoisotopic (exact) mass is 296 g/mol. The van der Waals surface area contributed by atoms with Gasteiger partial charge in [-0.1, -0.05) is 0 Å². The fourth-order valence-corrected chi connectivity index (χ4v) is 3.30. The smallest absolute Gasteiger partial charge is 0.230 e. The van der Waals surface area contributed by atoms with Gasteiger partial charge in [-0.05, 0) is 43.8 Å². The van der Waals surface area contributed by atoms with Crippen molar-refractivity contribution < 1.29 is 0 Å². The van der Waals surface area contributed by atoms with E-state index in [1.54, 1.807) is 0 Å². The van der Waals surface area contributed by atoms with Gasteiger partial charge in [-0.3, -0.25) is 0 Å². The summed E-state index contributed by atoms with van der Waals surface area (Å²) in [7, 11) is 3.79.